The Morgan fingerprint density at radius 3 is 2.54 bits per heavy atom. The lowest BCUT2D eigenvalue weighted by Gasteiger charge is -2.10. The Morgan fingerprint density at radius 1 is 1.06 bits per heavy atom. The molecule has 178 valence electrons. The first kappa shape index (κ1) is 24.5. The van der Waals surface area contributed by atoms with Crippen molar-refractivity contribution >= 4 is 39.8 Å². The third-order valence-electron chi connectivity index (χ3n) is 4.92. The van der Waals surface area contributed by atoms with Gasteiger partial charge in [0, 0.05) is 27.4 Å². The molecule has 0 radical (unpaired) electrons. The van der Waals surface area contributed by atoms with Gasteiger partial charge in [-0.25, -0.2) is 5.43 Å². The predicted octanol–water partition coefficient (Wildman–Crippen LogP) is 4.96. The molecule has 0 aliphatic rings. The Bertz CT molecular complexity index is 1330. The van der Waals surface area contributed by atoms with Crippen LogP contribution in [0.3, 0.4) is 0 Å². The zero-order valence-electron chi connectivity index (χ0n) is 19.0. The van der Waals surface area contributed by atoms with Gasteiger partial charge in [0.15, 0.2) is 11.0 Å². The predicted molar refractivity (Wildman–Crippen MR) is 141 cm³/mol. The van der Waals surface area contributed by atoms with Gasteiger partial charge in [-0.2, -0.15) is 5.10 Å². The molecule has 0 fully saturated rings. The monoisotopic (exact) mass is 551 g/mol. The van der Waals surface area contributed by atoms with E-state index in [2.05, 4.69) is 36.7 Å². The number of methoxy groups -OCH3 is 2. The topological polar surface area (TPSA) is 90.6 Å². The minimum atomic E-state index is -0.272. The Labute approximate surface area is 215 Å². The van der Waals surface area contributed by atoms with E-state index in [1.165, 1.54) is 18.0 Å². The summed E-state index contributed by atoms with van der Waals surface area (Å²) in [6.45, 7) is 0. The fourth-order valence-corrected chi connectivity index (χ4v) is 4.23. The summed E-state index contributed by atoms with van der Waals surface area (Å²) in [6.07, 6.45) is 1.53. The third kappa shape index (κ3) is 6.09. The molecule has 0 spiro atoms. The van der Waals surface area contributed by atoms with Gasteiger partial charge < -0.3 is 9.47 Å². The minimum absolute atomic E-state index is 0.113. The second-order valence-electron chi connectivity index (χ2n) is 7.17. The van der Waals surface area contributed by atoms with Crippen molar-refractivity contribution in [3.05, 3.63) is 82.8 Å². The molecule has 1 amide bonds. The highest BCUT2D eigenvalue weighted by Gasteiger charge is 2.17. The van der Waals surface area contributed by atoms with E-state index in [0.29, 0.717) is 28.0 Å². The first-order chi connectivity index (χ1) is 17.1. The molecule has 0 atom stereocenters. The summed E-state index contributed by atoms with van der Waals surface area (Å²) in [5, 5.41) is 13.4. The van der Waals surface area contributed by atoms with Gasteiger partial charge in [-0.3, -0.25) is 9.36 Å². The number of amides is 1. The summed E-state index contributed by atoms with van der Waals surface area (Å²) in [4.78, 5) is 12.5. The molecule has 8 nitrogen and oxygen atoms in total. The van der Waals surface area contributed by atoms with E-state index >= 15 is 0 Å². The number of carbonyl (C=O) groups excluding carboxylic acids is 1. The summed E-state index contributed by atoms with van der Waals surface area (Å²) < 4.78 is 13.5. The van der Waals surface area contributed by atoms with E-state index in [-0.39, 0.29) is 11.7 Å². The van der Waals surface area contributed by atoms with Crippen LogP contribution in [0.2, 0.25) is 0 Å². The average Bonchev–Trinajstić information content (AvgIpc) is 3.32. The molecular formula is C25H22BrN5O3S. The highest BCUT2D eigenvalue weighted by Crippen LogP contribution is 2.28. The van der Waals surface area contributed by atoms with Gasteiger partial charge in [-0.15, -0.1) is 10.2 Å². The van der Waals surface area contributed by atoms with E-state index in [1.54, 1.807) is 32.4 Å². The third-order valence-corrected chi connectivity index (χ3v) is 6.37. The zero-order chi connectivity index (χ0) is 24.6. The molecule has 1 N–H and O–H groups in total. The molecule has 10 heteroatoms. The van der Waals surface area contributed by atoms with Gasteiger partial charge in [0.05, 0.1) is 26.2 Å². The Hall–Kier alpha value is -3.63. The van der Waals surface area contributed by atoms with Gasteiger partial charge >= 0.3 is 0 Å². The number of nitrogens with one attached hydrogen (secondary N) is 1. The standard InChI is InChI=1S/C25H22BrN5O3S/c1-33-21-13-10-18(22(14-21)34-2)15-27-28-23(32)16-35-25-30-29-24(17-8-11-19(26)12-9-17)31(25)20-6-4-3-5-7-20/h3-15H,16H2,1-2H3,(H,28,32)/b27-15-. The number of carbonyl (C=O) groups is 1. The van der Waals surface area contributed by atoms with Crippen LogP contribution < -0.4 is 14.9 Å². The molecule has 4 aromatic rings. The number of benzene rings is 3. The number of hydrazone groups is 1. The second kappa shape index (κ2) is 11.7. The van der Waals surface area contributed by atoms with E-state index in [1.807, 2.05) is 59.2 Å². The van der Waals surface area contributed by atoms with Gasteiger partial charge in [-0.05, 0) is 36.4 Å². The number of thioether (sulfide) groups is 1. The number of para-hydroxylation sites is 1. The molecule has 1 aromatic heterocycles. The molecule has 35 heavy (non-hydrogen) atoms. The molecule has 0 aliphatic carbocycles. The smallest absolute Gasteiger partial charge is 0.250 e. The van der Waals surface area contributed by atoms with Gasteiger partial charge in [0.25, 0.3) is 5.91 Å². The first-order valence-electron chi connectivity index (χ1n) is 10.5. The number of hydrogen-bond donors (Lipinski definition) is 1. The molecule has 1 heterocycles. The molecular weight excluding hydrogens is 530 g/mol. The van der Waals surface area contributed by atoms with Crippen LogP contribution in [0, 0.1) is 0 Å². The number of nitrogens with zero attached hydrogens (tertiary/aromatic N) is 4. The van der Waals surface area contributed by atoms with E-state index in [0.717, 1.165) is 15.7 Å². The fourth-order valence-electron chi connectivity index (χ4n) is 3.22. The van der Waals surface area contributed by atoms with E-state index in [9.17, 15) is 4.79 Å². The molecule has 0 unspecified atom stereocenters. The maximum absolute atomic E-state index is 12.5. The van der Waals surface area contributed by atoms with Crippen LogP contribution >= 0.6 is 27.7 Å². The Kier molecular flexibility index (Phi) is 8.17. The zero-order valence-corrected chi connectivity index (χ0v) is 21.4. The second-order valence-corrected chi connectivity index (χ2v) is 9.03. The van der Waals surface area contributed by atoms with Crippen LogP contribution in [0.15, 0.2) is 87.5 Å². The molecule has 0 saturated heterocycles. The van der Waals surface area contributed by atoms with Crippen LogP contribution in [0.5, 0.6) is 11.5 Å². The fraction of sp³-hybridized carbons (Fsp3) is 0.120. The average molecular weight is 552 g/mol. The van der Waals surface area contributed by atoms with Crippen molar-refractivity contribution in [2.75, 3.05) is 20.0 Å². The lowest BCUT2D eigenvalue weighted by molar-refractivity contribution is -0.118. The summed E-state index contributed by atoms with van der Waals surface area (Å²) >= 11 is 4.74. The van der Waals surface area contributed by atoms with Crippen LogP contribution in [0.1, 0.15) is 5.56 Å². The van der Waals surface area contributed by atoms with E-state index in [4.69, 9.17) is 9.47 Å². The van der Waals surface area contributed by atoms with Crippen LogP contribution in [0.4, 0.5) is 0 Å². The Balaban J connectivity index is 1.47. The Morgan fingerprint density at radius 2 is 1.83 bits per heavy atom. The summed E-state index contributed by atoms with van der Waals surface area (Å²) in [7, 11) is 3.15. The van der Waals surface area contributed by atoms with Crippen LogP contribution in [0.25, 0.3) is 17.1 Å². The first-order valence-corrected chi connectivity index (χ1v) is 12.3. The SMILES string of the molecule is COc1ccc(/C=N\NC(=O)CSc2nnc(-c3ccc(Br)cc3)n2-c2ccccc2)c(OC)c1. The van der Waals surface area contributed by atoms with Crippen molar-refractivity contribution < 1.29 is 14.3 Å². The lowest BCUT2D eigenvalue weighted by atomic mass is 10.2. The number of halogens is 1. The molecule has 0 aliphatic heterocycles. The van der Waals surface area contributed by atoms with Crippen molar-refractivity contribution in [1.29, 1.82) is 0 Å². The maximum Gasteiger partial charge on any atom is 0.250 e. The number of ether oxygens (including phenoxy) is 2. The summed E-state index contributed by atoms with van der Waals surface area (Å²) in [5.74, 6) is 1.79. The van der Waals surface area contributed by atoms with Crippen molar-refractivity contribution in [3.63, 3.8) is 0 Å². The number of aromatic nitrogens is 3. The van der Waals surface area contributed by atoms with Crippen molar-refractivity contribution in [3.8, 4) is 28.6 Å². The van der Waals surface area contributed by atoms with Crippen molar-refractivity contribution in [1.82, 2.24) is 20.2 Å². The quantitative estimate of drug-likeness (QED) is 0.180. The number of hydrogen-bond acceptors (Lipinski definition) is 7. The van der Waals surface area contributed by atoms with Crippen molar-refractivity contribution in [2.24, 2.45) is 5.10 Å². The highest BCUT2D eigenvalue weighted by atomic mass is 79.9. The number of rotatable bonds is 9. The molecule has 4 rings (SSSR count). The van der Waals surface area contributed by atoms with Gasteiger partial charge in [-0.1, -0.05) is 58.0 Å². The summed E-state index contributed by atoms with van der Waals surface area (Å²) in [5.41, 5.74) is 5.08. The molecule has 0 bridgehead atoms. The van der Waals surface area contributed by atoms with Crippen molar-refractivity contribution in [2.45, 2.75) is 5.16 Å². The minimum Gasteiger partial charge on any atom is -0.497 e. The maximum atomic E-state index is 12.5. The highest BCUT2D eigenvalue weighted by molar-refractivity contribution is 9.10. The molecule has 3 aromatic carbocycles. The van der Waals surface area contributed by atoms with Gasteiger partial charge in [0.1, 0.15) is 11.5 Å². The molecule has 0 saturated carbocycles. The normalized spacial score (nSPS) is 10.9. The lowest BCUT2D eigenvalue weighted by Crippen LogP contribution is -2.20. The van der Waals surface area contributed by atoms with Gasteiger partial charge in [0.2, 0.25) is 0 Å². The van der Waals surface area contributed by atoms with Crippen LogP contribution in [-0.2, 0) is 4.79 Å². The van der Waals surface area contributed by atoms with Crippen LogP contribution in [-0.4, -0.2) is 46.9 Å². The largest absolute Gasteiger partial charge is 0.497 e. The van der Waals surface area contributed by atoms with E-state index < -0.39 is 0 Å². The summed E-state index contributed by atoms with van der Waals surface area (Å²) in [6, 6.07) is 23.0.